The van der Waals surface area contributed by atoms with Crippen molar-refractivity contribution in [1.29, 1.82) is 0 Å². The second-order valence-electron chi connectivity index (χ2n) is 5.63. The summed E-state index contributed by atoms with van der Waals surface area (Å²) in [4.78, 5) is 18.9. The number of carbonyl (C=O) groups excluding carboxylic acids is 1. The molecule has 1 aromatic carbocycles. The van der Waals surface area contributed by atoms with Gasteiger partial charge >= 0.3 is 0 Å². The Morgan fingerprint density at radius 2 is 1.91 bits per heavy atom. The zero-order valence-corrected chi connectivity index (χ0v) is 13.3. The molecule has 2 aromatic rings. The van der Waals surface area contributed by atoms with Gasteiger partial charge in [-0.2, -0.15) is 0 Å². The van der Waals surface area contributed by atoms with E-state index in [1.807, 2.05) is 18.3 Å². The zero-order chi connectivity index (χ0) is 16.1. The number of anilines is 1. The molecule has 0 atom stereocenters. The summed E-state index contributed by atoms with van der Waals surface area (Å²) in [5.41, 5.74) is 1.61. The van der Waals surface area contributed by atoms with Crippen molar-refractivity contribution in [3.05, 3.63) is 53.7 Å². The number of ether oxygens (including phenoxy) is 1. The van der Waals surface area contributed by atoms with Gasteiger partial charge in [0, 0.05) is 31.4 Å². The number of nitrogens with one attached hydrogen (secondary N) is 1. The van der Waals surface area contributed by atoms with Gasteiger partial charge in [0.05, 0.1) is 7.11 Å². The van der Waals surface area contributed by atoms with E-state index in [-0.39, 0.29) is 5.91 Å². The Morgan fingerprint density at radius 3 is 2.52 bits per heavy atom. The number of hydrogen-bond donors (Lipinski definition) is 1. The van der Waals surface area contributed by atoms with Crippen molar-refractivity contribution < 1.29 is 9.53 Å². The number of rotatable bonds is 5. The van der Waals surface area contributed by atoms with Crippen LogP contribution in [-0.2, 0) is 6.54 Å². The van der Waals surface area contributed by atoms with E-state index in [0.29, 0.717) is 12.1 Å². The first-order valence-electron chi connectivity index (χ1n) is 7.88. The normalized spacial score (nSPS) is 13.9. The van der Waals surface area contributed by atoms with Gasteiger partial charge in [0.1, 0.15) is 11.6 Å². The van der Waals surface area contributed by atoms with Crippen LogP contribution < -0.4 is 15.0 Å². The van der Waals surface area contributed by atoms with E-state index in [0.717, 1.165) is 30.2 Å². The second-order valence-corrected chi connectivity index (χ2v) is 5.63. The molecule has 1 aliphatic heterocycles. The molecule has 1 aliphatic rings. The van der Waals surface area contributed by atoms with Gasteiger partial charge in [-0.1, -0.05) is 6.07 Å². The van der Waals surface area contributed by atoms with Crippen molar-refractivity contribution in [3.63, 3.8) is 0 Å². The Hall–Kier alpha value is -2.56. The summed E-state index contributed by atoms with van der Waals surface area (Å²) >= 11 is 0. The lowest BCUT2D eigenvalue weighted by atomic mass is 10.2. The molecule has 0 radical (unpaired) electrons. The van der Waals surface area contributed by atoms with Crippen LogP contribution in [0.25, 0.3) is 0 Å². The maximum atomic E-state index is 12.1. The maximum absolute atomic E-state index is 12.1. The van der Waals surface area contributed by atoms with Crippen molar-refractivity contribution in [1.82, 2.24) is 10.3 Å². The van der Waals surface area contributed by atoms with Crippen LogP contribution in [0.1, 0.15) is 28.8 Å². The largest absolute Gasteiger partial charge is 0.497 e. The molecule has 3 rings (SSSR count). The van der Waals surface area contributed by atoms with Crippen molar-refractivity contribution in [3.8, 4) is 5.75 Å². The average Bonchev–Trinajstić information content (AvgIpc) is 3.15. The molecule has 0 bridgehead atoms. The summed E-state index contributed by atoms with van der Waals surface area (Å²) < 4.78 is 5.09. The first kappa shape index (κ1) is 15.3. The quantitative estimate of drug-likeness (QED) is 0.922. The minimum absolute atomic E-state index is 0.101. The molecule has 23 heavy (non-hydrogen) atoms. The Labute approximate surface area is 136 Å². The predicted octanol–water partition coefficient (Wildman–Crippen LogP) is 2.62. The molecule has 5 nitrogen and oxygen atoms in total. The van der Waals surface area contributed by atoms with E-state index in [1.165, 1.54) is 12.8 Å². The van der Waals surface area contributed by atoms with Gasteiger partial charge in [-0.15, -0.1) is 0 Å². The SMILES string of the molecule is COc1ccc(C(=O)NCc2ccc(N3CCCC3)nc2)cc1. The summed E-state index contributed by atoms with van der Waals surface area (Å²) in [7, 11) is 1.61. The lowest BCUT2D eigenvalue weighted by Crippen LogP contribution is -2.23. The monoisotopic (exact) mass is 311 g/mol. The third kappa shape index (κ3) is 3.80. The van der Waals surface area contributed by atoms with E-state index in [4.69, 9.17) is 4.74 Å². The number of carbonyl (C=O) groups is 1. The van der Waals surface area contributed by atoms with Crippen molar-refractivity contribution in [2.45, 2.75) is 19.4 Å². The first-order chi connectivity index (χ1) is 11.3. The second kappa shape index (κ2) is 7.13. The molecular weight excluding hydrogens is 290 g/mol. The molecule has 120 valence electrons. The molecule has 0 saturated carbocycles. The number of methoxy groups -OCH3 is 1. The summed E-state index contributed by atoms with van der Waals surface area (Å²) in [5.74, 6) is 1.66. The first-order valence-corrected chi connectivity index (χ1v) is 7.88. The van der Waals surface area contributed by atoms with Crippen molar-refractivity contribution in [2.75, 3.05) is 25.1 Å². The van der Waals surface area contributed by atoms with Gasteiger partial charge in [0.15, 0.2) is 0 Å². The van der Waals surface area contributed by atoms with Gasteiger partial charge in [-0.05, 0) is 48.7 Å². The molecule has 0 aliphatic carbocycles. The standard InChI is InChI=1S/C18H21N3O2/c1-23-16-7-5-15(6-8-16)18(22)20-13-14-4-9-17(19-12-14)21-10-2-3-11-21/h4-9,12H,2-3,10-11,13H2,1H3,(H,20,22). The fraction of sp³-hybridized carbons (Fsp3) is 0.333. The topological polar surface area (TPSA) is 54.5 Å². The van der Waals surface area contributed by atoms with E-state index >= 15 is 0 Å². The predicted molar refractivity (Wildman–Crippen MR) is 89.8 cm³/mol. The fourth-order valence-electron chi connectivity index (χ4n) is 2.68. The molecule has 1 saturated heterocycles. The van der Waals surface area contributed by atoms with Crippen LogP contribution in [0.3, 0.4) is 0 Å². The Balaban J connectivity index is 1.55. The highest BCUT2D eigenvalue weighted by Crippen LogP contribution is 2.17. The summed E-state index contributed by atoms with van der Waals surface area (Å²) in [5, 5.41) is 2.91. The number of hydrogen-bond acceptors (Lipinski definition) is 4. The zero-order valence-electron chi connectivity index (χ0n) is 13.3. The molecule has 1 fully saturated rings. The minimum atomic E-state index is -0.101. The number of benzene rings is 1. The number of amides is 1. The average molecular weight is 311 g/mol. The van der Waals surface area contributed by atoms with Crippen molar-refractivity contribution in [2.24, 2.45) is 0 Å². The van der Waals surface area contributed by atoms with E-state index in [1.54, 1.807) is 31.4 Å². The summed E-state index contributed by atoms with van der Waals surface area (Å²) in [6, 6.07) is 11.1. The van der Waals surface area contributed by atoms with E-state index in [2.05, 4.69) is 15.2 Å². The summed E-state index contributed by atoms with van der Waals surface area (Å²) in [6.07, 6.45) is 4.31. The van der Waals surface area contributed by atoms with Gasteiger partial charge in [0.2, 0.25) is 0 Å². The van der Waals surface area contributed by atoms with Gasteiger partial charge in [-0.25, -0.2) is 4.98 Å². The molecular formula is C18H21N3O2. The van der Waals surface area contributed by atoms with Crippen LogP contribution in [0, 0.1) is 0 Å². The fourth-order valence-corrected chi connectivity index (χ4v) is 2.68. The minimum Gasteiger partial charge on any atom is -0.497 e. The molecule has 5 heteroatoms. The van der Waals surface area contributed by atoms with Crippen LogP contribution in [0.5, 0.6) is 5.75 Å². The van der Waals surface area contributed by atoms with Crippen molar-refractivity contribution >= 4 is 11.7 Å². The lowest BCUT2D eigenvalue weighted by Gasteiger charge is -2.16. The number of aromatic nitrogens is 1. The molecule has 2 heterocycles. The van der Waals surface area contributed by atoms with Crippen LogP contribution in [0.4, 0.5) is 5.82 Å². The highest BCUT2D eigenvalue weighted by atomic mass is 16.5. The third-order valence-corrected chi connectivity index (χ3v) is 4.04. The molecule has 1 amide bonds. The van der Waals surface area contributed by atoms with Crippen LogP contribution in [0.15, 0.2) is 42.6 Å². The van der Waals surface area contributed by atoms with Crippen LogP contribution in [-0.4, -0.2) is 31.1 Å². The van der Waals surface area contributed by atoms with Gasteiger partial charge < -0.3 is 15.0 Å². The number of nitrogens with zero attached hydrogens (tertiary/aromatic N) is 2. The Kier molecular flexibility index (Phi) is 4.76. The van der Waals surface area contributed by atoms with E-state index < -0.39 is 0 Å². The maximum Gasteiger partial charge on any atom is 0.251 e. The number of pyridine rings is 1. The lowest BCUT2D eigenvalue weighted by molar-refractivity contribution is 0.0951. The van der Waals surface area contributed by atoms with Gasteiger partial charge in [-0.3, -0.25) is 4.79 Å². The Morgan fingerprint density at radius 1 is 1.17 bits per heavy atom. The van der Waals surface area contributed by atoms with E-state index in [9.17, 15) is 4.79 Å². The highest BCUT2D eigenvalue weighted by molar-refractivity contribution is 5.94. The third-order valence-electron chi connectivity index (χ3n) is 4.04. The highest BCUT2D eigenvalue weighted by Gasteiger charge is 2.13. The Bertz CT molecular complexity index is 647. The summed E-state index contributed by atoms with van der Waals surface area (Å²) in [6.45, 7) is 2.64. The smallest absolute Gasteiger partial charge is 0.251 e. The van der Waals surface area contributed by atoms with Crippen LogP contribution >= 0.6 is 0 Å². The van der Waals surface area contributed by atoms with Crippen LogP contribution in [0.2, 0.25) is 0 Å². The molecule has 1 aromatic heterocycles. The van der Waals surface area contributed by atoms with Gasteiger partial charge in [0.25, 0.3) is 5.91 Å². The molecule has 0 unspecified atom stereocenters. The molecule has 1 N–H and O–H groups in total. The molecule has 0 spiro atoms.